The Kier molecular flexibility index (Phi) is 6.75. The fourth-order valence-electron chi connectivity index (χ4n) is 2.40. The van der Waals surface area contributed by atoms with Gasteiger partial charge in [0.05, 0.1) is 0 Å². The predicted molar refractivity (Wildman–Crippen MR) is 98.2 cm³/mol. The van der Waals surface area contributed by atoms with Crippen LogP contribution < -0.4 is 10.6 Å². The van der Waals surface area contributed by atoms with Gasteiger partial charge in [0.1, 0.15) is 5.82 Å². The molecule has 1 aromatic carbocycles. The third kappa shape index (κ3) is 5.66. The van der Waals surface area contributed by atoms with Crippen LogP contribution in [0.1, 0.15) is 35.3 Å². The Hall–Kier alpha value is -2.40. The average molecular weight is 326 g/mol. The molecular formula is C19H26N4O. The molecule has 2 rings (SSSR count). The first-order valence-electron chi connectivity index (χ1n) is 8.26. The molecule has 0 spiro atoms. The molecule has 1 unspecified atom stereocenters. The maximum absolute atomic E-state index is 12.2. The maximum Gasteiger partial charge on any atom is 0.251 e. The third-order valence-corrected chi connectivity index (χ3v) is 3.75. The van der Waals surface area contributed by atoms with E-state index >= 15 is 0 Å². The highest BCUT2D eigenvalue weighted by atomic mass is 16.1. The van der Waals surface area contributed by atoms with E-state index in [9.17, 15) is 4.79 Å². The summed E-state index contributed by atoms with van der Waals surface area (Å²) in [4.78, 5) is 18.6. The molecule has 128 valence electrons. The molecule has 0 saturated carbocycles. The van der Waals surface area contributed by atoms with E-state index in [1.165, 1.54) is 5.56 Å². The van der Waals surface area contributed by atoms with Gasteiger partial charge in [0.2, 0.25) is 0 Å². The summed E-state index contributed by atoms with van der Waals surface area (Å²) in [5, 5.41) is 6.28. The monoisotopic (exact) mass is 326 g/mol. The second kappa shape index (κ2) is 9.03. The highest BCUT2D eigenvalue weighted by Crippen LogP contribution is 2.18. The molecule has 0 aliphatic carbocycles. The number of hydrogen-bond donors (Lipinski definition) is 2. The predicted octanol–water partition coefficient (Wildman–Crippen LogP) is 2.94. The van der Waals surface area contributed by atoms with Crippen molar-refractivity contribution in [1.29, 1.82) is 0 Å². The van der Waals surface area contributed by atoms with Gasteiger partial charge in [-0.25, -0.2) is 4.98 Å². The molecule has 0 fully saturated rings. The van der Waals surface area contributed by atoms with E-state index in [4.69, 9.17) is 0 Å². The first-order valence-corrected chi connectivity index (χ1v) is 8.26. The Morgan fingerprint density at radius 3 is 2.67 bits per heavy atom. The summed E-state index contributed by atoms with van der Waals surface area (Å²) < 4.78 is 0. The lowest BCUT2D eigenvalue weighted by Gasteiger charge is -2.15. The zero-order valence-corrected chi connectivity index (χ0v) is 14.6. The first kappa shape index (κ1) is 17.9. The molecule has 1 aromatic heterocycles. The lowest BCUT2D eigenvalue weighted by molar-refractivity contribution is 0.0952. The zero-order chi connectivity index (χ0) is 17.4. The highest BCUT2D eigenvalue weighted by Gasteiger charge is 2.09. The highest BCUT2D eigenvalue weighted by molar-refractivity contribution is 5.94. The molecule has 24 heavy (non-hydrogen) atoms. The second-order valence-electron chi connectivity index (χ2n) is 6.12. The number of amides is 1. The maximum atomic E-state index is 12.2. The van der Waals surface area contributed by atoms with Gasteiger partial charge in [-0.1, -0.05) is 30.3 Å². The summed E-state index contributed by atoms with van der Waals surface area (Å²) in [5.74, 6) is 0.638. The minimum atomic E-state index is -0.0634. The molecule has 1 amide bonds. The van der Waals surface area contributed by atoms with Crippen LogP contribution >= 0.6 is 0 Å². The van der Waals surface area contributed by atoms with Crippen molar-refractivity contribution >= 4 is 11.7 Å². The number of pyridine rings is 1. The van der Waals surface area contributed by atoms with Crippen molar-refractivity contribution in [1.82, 2.24) is 15.2 Å². The molecule has 1 atom stereocenters. The van der Waals surface area contributed by atoms with Crippen molar-refractivity contribution in [2.45, 2.75) is 19.4 Å². The Bertz CT molecular complexity index is 643. The third-order valence-electron chi connectivity index (χ3n) is 3.75. The second-order valence-corrected chi connectivity index (χ2v) is 6.12. The first-order chi connectivity index (χ1) is 11.6. The number of rotatable bonds is 8. The molecule has 1 heterocycles. The Morgan fingerprint density at radius 1 is 1.21 bits per heavy atom. The fourth-order valence-corrected chi connectivity index (χ4v) is 2.40. The van der Waals surface area contributed by atoms with Crippen LogP contribution in [0.25, 0.3) is 0 Å². The Morgan fingerprint density at radius 2 is 1.96 bits per heavy atom. The van der Waals surface area contributed by atoms with Crippen molar-refractivity contribution in [3.63, 3.8) is 0 Å². The minimum absolute atomic E-state index is 0.0634. The van der Waals surface area contributed by atoms with Crippen molar-refractivity contribution in [3.8, 4) is 0 Å². The molecule has 5 nitrogen and oxygen atoms in total. The van der Waals surface area contributed by atoms with Crippen LogP contribution in [0, 0.1) is 0 Å². The molecule has 0 aliphatic rings. The molecule has 5 heteroatoms. The van der Waals surface area contributed by atoms with Crippen LogP contribution in [0.5, 0.6) is 0 Å². The molecule has 0 radical (unpaired) electrons. The largest absolute Gasteiger partial charge is 0.364 e. The minimum Gasteiger partial charge on any atom is -0.364 e. The lowest BCUT2D eigenvalue weighted by atomic mass is 10.1. The van der Waals surface area contributed by atoms with Crippen molar-refractivity contribution < 1.29 is 4.79 Å². The number of nitrogens with one attached hydrogen (secondary N) is 2. The molecule has 2 N–H and O–H groups in total. The lowest BCUT2D eigenvalue weighted by Crippen LogP contribution is -2.27. The van der Waals surface area contributed by atoms with Gasteiger partial charge < -0.3 is 15.5 Å². The van der Waals surface area contributed by atoms with Gasteiger partial charge in [-0.15, -0.1) is 0 Å². The van der Waals surface area contributed by atoms with E-state index in [0.717, 1.165) is 13.0 Å². The SMILES string of the molecule is CC(Nc1cc(C(=O)NCCCN(C)C)ccn1)c1ccccc1. The summed E-state index contributed by atoms with van der Waals surface area (Å²) in [6, 6.07) is 13.8. The van der Waals surface area contributed by atoms with Gasteiger partial charge in [0.15, 0.2) is 0 Å². The van der Waals surface area contributed by atoms with Gasteiger partial charge in [0.25, 0.3) is 5.91 Å². The van der Waals surface area contributed by atoms with Gasteiger partial charge in [-0.05, 0) is 51.7 Å². The number of carbonyl (C=O) groups is 1. The number of nitrogens with zero attached hydrogens (tertiary/aromatic N) is 2. The van der Waals surface area contributed by atoms with Crippen LogP contribution in [0.15, 0.2) is 48.7 Å². The summed E-state index contributed by atoms with van der Waals surface area (Å²) in [7, 11) is 4.05. The average Bonchev–Trinajstić information content (AvgIpc) is 2.59. The van der Waals surface area contributed by atoms with E-state index < -0.39 is 0 Å². The number of hydrogen-bond acceptors (Lipinski definition) is 4. The van der Waals surface area contributed by atoms with Crippen LogP contribution in [-0.4, -0.2) is 43.0 Å². The van der Waals surface area contributed by atoms with E-state index in [0.29, 0.717) is 17.9 Å². The molecule has 0 aliphatic heterocycles. The molecule has 0 bridgehead atoms. The summed E-state index contributed by atoms with van der Waals surface area (Å²) in [6.07, 6.45) is 2.59. The Labute approximate surface area is 144 Å². The number of benzene rings is 1. The molecular weight excluding hydrogens is 300 g/mol. The van der Waals surface area contributed by atoms with Crippen LogP contribution in [0.2, 0.25) is 0 Å². The fraction of sp³-hybridized carbons (Fsp3) is 0.368. The van der Waals surface area contributed by atoms with Crippen molar-refractivity contribution in [2.24, 2.45) is 0 Å². The van der Waals surface area contributed by atoms with Gasteiger partial charge in [0, 0.05) is 24.3 Å². The van der Waals surface area contributed by atoms with E-state index in [2.05, 4.69) is 39.6 Å². The van der Waals surface area contributed by atoms with Gasteiger partial charge in [-0.2, -0.15) is 0 Å². The van der Waals surface area contributed by atoms with E-state index in [1.807, 2.05) is 32.3 Å². The van der Waals surface area contributed by atoms with Crippen LogP contribution in [0.4, 0.5) is 5.82 Å². The number of carbonyl (C=O) groups excluding carboxylic acids is 1. The van der Waals surface area contributed by atoms with Gasteiger partial charge >= 0.3 is 0 Å². The van der Waals surface area contributed by atoms with E-state index in [-0.39, 0.29) is 11.9 Å². The smallest absolute Gasteiger partial charge is 0.251 e. The summed E-state index contributed by atoms with van der Waals surface area (Å²) in [5.41, 5.74) is 1.80. The standard InChI is InChI=1S/C19H26N4O/c1-15(16-8-5-4-6-9-16)22-18-14-17(10-12-20-18)19(24)21-11-7-13-23(2)3/h4-6,8-10,12,14-15H,7,11,13H2,1-3H3,(H,20,22)(H,21,24). The van der Waals surface area contributed by atoms with Gasteiger partial charge in [-0.3, -0.25) is 4.79 Å². The zero-order valence-electron chi connectivity index (χ0n) is 14.6. The van der Waals surface area contributed by atoms with Crippen molar-refractivity contribution in [2.75, 3.05) is 32.5 Å². The normalized spacial score (nSPS) is 12.0. The summed E-state index contributed by atoms with van der Waals surface area (Å²) in [6.45, 7) is 3.70. The molecule has 0 saturated heterocycles. The quantitative estimate of drug-likeness (QED) is 0.732. The topological polar surface area (TPSA) is 57.3 Å². The van der Waals surface area contributed by atoms with Crippen molar-refractivity contribution in [3.05, 3.63) is 59.8 Å². The number of aromatic nitrogens is 1. The van der Waals surface area contributed by atoms with E-state index in [1.54, 1.807) is 18.3 Å². The van der Waals surface area contributed by atoms with Crippen LogP contribution in [0.3, 0.4) is 0 Å². The summed E-state index contributed by atoms with van der Waals surface area (Å²) >= 11 is 0. The Balaban J connectivity index is 1.92. The molecule has 2 aromatic rings. The number of anilines is 1. The van der Waals surface area contributed by atoms with Crippen LogP contribution in [-0.2, 0) is 0 Å².